The van der Waals surface area contributed by atoms with Gasteiger partial charge >= 0.3 is 0 Å². The number of nitrogens with one attached hydrogen (secondary N) is 1. The van der Waals surface area contributed by atoms with Crippen LogP contribution in [0.1, 0.15) is 92.9 Å². The Morgan fingerprint density at radius 3 is 2.59 bits per heavy atom. The molecule has 1 atom stereocenters. The first-order valence-electron chi connectivity index (χ1n) is 12.5. The molecule has 172 valence electrons. The summed E-state index contributed by atoms with van der Waals surface area (Å²) in [6.45, 7) is 4.92. The fraction of sp³-hybridized carbons (Fsp3) is 0.680. The lowest BCUT2D eigenvalue weighted by atomic mass is 9.95. The van der Waals surface area contributed by atoms with Crippen molar-refractivity contribution in [2.75, 3.05) is 6.54 Å². The zero-order chi connectivity index (χ0) is 22.2. The van der Waals surface area contributed by atoms with Gasteiger partial charge in [0.25, 0.3) is 0 Å². The van der Waals surface area contributed by atoms with Crippen LogP contribution in [0.15, 0.2) is 6.07 Å². The quantitative estimate of drug-likeness (QED) is 0.745. The van der Waals surface area contributed by atoms with Crippen LogP contribution in [-0.4, -0.2) is 43.9 Å². The maximum absolute atomic E-state index is 12.7. The molecule has 7 nitrogen and oxygen atoms in total. The number of fused-ring (bicyclic) bond motifs is 1. The summed E-state index contributed by atoms with van der Waals surface area (Å²) in [5.74, 6) is 0.674. The van der Waals surface area contributed by atoms with Crippen LogP contribution in [-0.2, 0) is 16.0 Å². The number of carbonyl (C=O) groups excluding carboxylic acids is 2. The molecule has 2 aromatic heterocycles. The number of likely N-dealkylation sites (tertiary alicyclic amines) is 1. The predicted octanol–water partition coefficient (Wildman–Crippen LogP) is 3.80. The van der Waals surface area contributed by atoms with Gasteiger partial charge in [0, 0.05) is 42.4 Å². The zero-order valence-corrected chi connectivity index (χ0v) is 19.4. The monoisotopic (exact) mass is 437 g/mol. The number of aryl methyl sites for hydroxylation is 2. The number of aromatic nitrogens is 3. The second-order valence-corrected chi connectivity index (χ2v) is 9.97. The van der Waals surface area contributed by atoms with E-state index >= 15 is 0 Å². The third kappa shape index (κ3) is 4.26. The van der Waals surface area contributed by atoms with E-state index in [1.807, 2.05) is 22.4 Å². The lowest BCUT2D eigenvalue weighted by Gasteiger charge is -2.23. The van der Waals surface area contributed by atoms with E-state index in [0.717, 1.165) is 73.4 Å². The Hall–Kier alpha value is -2.44. The smallest absolute Gasteiger partial charge is 0.226 e. The van der Waals surface area contributed by atoms with Crippen molar-refractivity contribution in [1.29, 1.82) is 0 Å². The van der Waals surface area contributed by atoms with E-state index in [9.17, 15) is 9.59 Å². The van der Waals surface area contributed by atoms with Gasteiger partial charge in [-0.25, -0.2) is 9.50 Å². The number of hydrogen-bond acceptors (Lipinski definition) is 4. The summed E-state index contributed by atoms with van der Waals surface area (Å²) in [6, 6.07) is 2.46. The number of hydrogen-bond donors (Lipinski definition) is 1. The van der Waals surface area contributed by atoms with Crippen LogP contribution in [0.2, 0.25) is 0 Å². The van der Waals surface area contributed by atoms with Gasteiger partial charge in [0.1, 0.15) is 0 Å². The van der Waals surface area contributed by atoms with Crippen molar-refractivity contribution in [1.82, 2.24) is 24.8 Å². The van der Waals surface area contributed by atoms with Crippen molar-refractivity contribution >= 4 is 17.5 Å². The van der Waals surface area contributed by atoms with Crippen molar-refractivity contribution in [2.24, 2.45) is 5.92 Å². The Morgan fingerprint density at radius 1 is 1.06 bits per heavy atom. The van der Waals surface area contributed by atoms with Crippen molar-refractivity contribution in [3.63, 3.8) is 0 Å². The maximum atomic E-state index is 12.7. The Balaban J connectivity index is 1.31. The Labute approximate surface area is 190 Å². The van der Waals surface area contributed by atoms with E-state index in [-0.39, 0.29) is 17.9 Å². The van der Waals surface area contributed by atoms with E-state index in [4.69, 9.17) is 10.1 Å². The minimum Gasteiger partial charge on any atom is -0.353 e. The highest BCUT2D eigenvalue weighted by molar-refractivity contribution is 5.81. The molecule has 2 aromatic rings. The van der Waals surface area contributed by atoms with Crippen molar-refractivity contribution in [2.45, 2.75) is 96.6 Å². The van der Waals surface area contributed by atoms with Gasteiger partial charge in [-0.2, -0.15) is 5.10 Å². The Kier molecular flexibility index (Phi) is 5.91. The fourth-order valence-electron chi connectivity index (χ4n) is 5.56. The highest BCUT2D eigenvalue weighted by Crippen LogP contribution is 2.38. The average Bonchev–Trinajstić information content (AvgIpc) is 3.36. The molecule has 3 heterocycles. The van der Waals surface area contributed by atoms with E-state index in [1.54, 1.807) is 0 Å². The van der Waals surface area contributed by atoms with Gasteiger partial charge in [-0.05, 0) is 64.4 Å². The van der Waals surface area contributed by atoms with Gasteiger partial charge in [0.2, 0.25) is 11.8 Å². The molecule has 5 rings (SSSR count). The molecule has 2 aliphatic carbocycles. The summed E-state index contributed by atoms with van der Waals surface area (Å²) in [6.07, 6.45) is 11.1. The molecular weight excluding hydrogens is 402 g/mol. The zero-order valence-electron chi connectivity index (χ0n) is 19.4. The van der Waals surface area contributed by atoms with Gasteiger partial charge in [0.15, 0.2) is 5.65 Å². The van der Waals surface area contributed by atoms with E-state index in [1.165, 1.54) is 19.3 Å². The molecule has 0 spiro atoms. The first-order chi connectivity index (χ1) is 15.5. The molecule has 3 fully saturated rings. The Bertz CT molecular complexity index is 1020. The predicted molar refractivity (Wildman–Crippen MR) is 122 cm³/mol. The molecule has 7 heteroatoms. The van der Waals surface area contributed by atoms with Gasteiger partial charge in [0.05, 0.1) is 11.7 Å². The van der Waals surface area contributed by atoms with Crippen LogP contribution < -0.4 is 5.32 Å². The van der Waals surface area contributed by atoms with E-state index in [0.29, 0.717) is 24.8 Å². The van der Waals surface area contributed by atoms with Gasteiger partial charge in [-0.15, -0.1) is 0 Å². The topological polar surface area (TPSA) is 79.6 Å². The lowest BCUT2D eigenvalue weighted by molar-refractivity contribution is -0.133. The van der Waals surface area contributed by atoms with Crippen molar-refractivity contribution in [3.8, 4) is 0 Å². The van der Waals surface area contributed by atoms with Crippen LogP contribution >= 0.6 is 0 Å². The summed E-state index contributed by atoms with van der Waals surface area (Å²) in [7, 11) is 0. The van der Waals surface area contributed by atoms with E-state index in [2.05, 4.69) is 12.2 Å². The minimum atomic E-state index is 0.0641. The largest absolute Gasteiger partial charge is 0.353 e. The molecule has 2 amide bonds. The number of carbonyl (C=O) groups is 2. The van der Waals surface area contributed by atoms with Crippen LogP contribution in [0.3, 0.4) is 0 Å². The molecule has 1 saturated heterocycles. The Morgan fingerprint density at radius 2 is 1.84 bits per heavy atom. The normalized spacial score (nSPS) is 21.9. The lowest BCUT2D eigenvalue weighted by Crippen LogP contribution is -2.36. The molecule has 1 N–H and O–H groups in total. The maximum Gasteiger partial charge on any atom is 0.226 e. The summed E-state index contributed by atoms with van der Waals surface area (Å²) in [5, 5.41) is 8.11. The molecule has 0 bridgehead atoms. The van der Waals surface area contributed by atoms with Gasteiger partial charge in [-0.3, -0.25) is 9.59 Å². The third-order valence-corrected chi connectivity index (χ3v) is 7.56. The van der Waals surface area contributed by atoms with E-state index < -0.39 is 0 Å². The second kappa shape index (κ2) is 8.83. The first kappa shape index (κ1) is 21.4. The third-order valence-electron chi connectivity index (χ3n) is 7.56. The fourth-order valence-corrected chi connectivity index (χ4v) is 5.56. The summed E-state index contributed by atoms with van der Waals surface area (Å²) >= 11 is 0. The van der Waals surface area contributed by atoms with Gasteiger partial charge in [-0.1, -0.05) is 19.3 Å². The SMILES string of the molecule is Cc1nc2cc(C3CCCN3C(=O)C3CC3)nn2c(C)c1CCC(=O)NC1CCCCC1. The number of nitrogens with zero attached hydrogens (tertiary/aromatic N) is 4. The van der Waals surface area contributed by atoms with Crippen LogP contribution in [0.4, 0.5) is 0 Å². The van der Waals surface area contributed by atoms with Gasteiger partial charge < -0.3 is 10.2 Å². The highest BCUT2D eigenvalue weighted by Gasteiger charge is 2.39. The molecule has 1 aliphatic heterocycles. The van der Waals surface area contributed by atoms with Crippen molar-refractivity contribution < 1.29 is 9.59 Å². The van der Waals surface area contributed by atoms with Crippen molar-refractivity contribution in [3.05, 3.63) is 28.7 Å². The molecular formula is C25H35N5O2. The molecule has 0 radical (unpaired) electrons. The summed E-state index contributed by atoms with van der Waals surface area (Å²) < 4.78 is 1.91. The highest BCUT2D eigenvalue weighted by atomic mass is 16.2. The first-order valence-corrected chi connectivity index (χ1v) is 12.5. The van der Waals surface area contributed by atoms with Crippen LogP contribution in [0, 0.1) is 19.8 Å². The summed E-state index contributed by atoms with van der Waals surface area (Å²) in [4.78, 5) is 32.1. The number of rotatable bonds is 6. The molecule has 1 unspecified atom stereocenters. The molecule has 32 heavy (non-hydrogen) atoms. The number of amides is 2. The molecule has 0 aromatic carbocycles. The summed E-state index contributed by atoms with van der Waals surface area (Å²) in [5.41, 5.74) is 4.88. The van der Waals surface area contributed by atoms with Crippen LogP contribution in [0.25, 0.3) is 5.65 Å². The minimum absolute atomic E-state index is 0.0641. The molecule has 3 aliphatic rings. The second-order valence-electron chi connectivity index (χ2n) is 9.97. The average molecular weight is 438 g/mol. The molecule has 2 saturated carbocycles. The standard InChI is InChI=1S/C25H35N5O2/c1-16-20(12-13-24(31)27-19-7-4-3-5-8-19)17(2)30-23(26-16)15-21(28-30)22-9-6-14-29(22)25(32)18-10-11-18/h15,18-19,22H,3-14H2,1-2H3,(H,27,31). The van der Waals surface area contributed by atoms with Crippen LogP contribution in [0.5, 0.6) is 0 Å².